The second-order valence-electron chi connectivity index (χ2n) is 3.66. The Labute approximate surface area is 104 Å². The molecule has 0 spiro atoms. The van der Waals surface area contributed by atoms with E-state index in [2.05, 4.69) is 15.6 Å². The Balaban J connectivity index is 2.48. The molecule has 94 valence electrons. The van der Waals surface area contributed by atoms with E-state index in [4.69, 9.17) is 10.6 Å². The topological polar surface area (TPSA) is 73.1 Å². The first-order valence-electron chi connectivity index (χ1n) is 5.32. The molecule has 0 amide bonds. The van der Waals surface area contributed by atoms with Gasteiger partial charge in [-0.3, -0.25) is 5.84 Å². The Morgan fingerprint density at radius 3 is 2.78 bits per heavy atom. The number of methoxy groups -OCH3 is 1. The van der Waals surface area contributed by atoms with Crippen molar-refractivity contribution in [2.45, 2.75) is 6.04 Å². The number of hydrogen-bond acceptors (Lipinski definition) is 5. The predicted octanol–water partition coefficient (Wildman–Crippen LogP) is 1.18. The molecular weight excluding hydrogens is 235 g/mol. The molecule has 2 aromatic rings. The highest BCUT2D eigenvalue weighted by molar-refractivity contribution is 5.41. The van der Waals surface area contributed by atoms with E-state index in [1.54, 1.807) is 24.5 Å². The predicted molar refractivity (Wildman–Crippen MR) is 64.2 cm³/mol. The van der Waals surface area contributed by atoms with Crippen molar-refractivity contribution in [2.75, 3.05) is 7.11 Å². The van der Waals surface area contributed by atoms with Crippen molar-refractivity contribution < 1.29 is 9.13 Å². The van der Waals surface area contributed by atoms with Crippen LogP contribution in [0, 0.1) is 5.82 Å². The average Bonchev–Trinajstić information content (AvgIpc) is 2.41. The molecule has 0 fully saturated rings. The fourth-order valence-electron chi connectivity index (χ4n) is 1.77. The zero-order valence-corrected chi connectivity index (χ0v) is 9.80. The summed E-state index contributed by atoms with van der Waals surface area (Å²) in [6.07, 6.45) is 3.11. The first-order valence-corrected chi connectivity index (χ1v) is 5.32. The molecule has 0 aliphatic heterocycles. The second kappa shape index (κ2) is 5.52. The molecular formula is C12H13FN4O. The Bertz CT molecular complexity index is 521. The normalized spacial score (nSPS) is 12.2. The van der Waals surface area contributed by atoms with Gasteiger partial charge in [0.05, 0.1) is 19.3 Å². The summed E-state index contributed by atoms with van der Waals surface area (Å²) in [5.41, 5.74) is 4.00. The molecule has 1 aromatic carbocycles. The third-order valence-corrected chi connectivity index (χ3v) is 2.61. The highest BCUT2D eigenvalue weighted by Gasteiger charge is 2.18. The summed E-state index contributed by atoms with van der Waals surface area (Å²) < 4.78 is 18.6. The molecule has 0 bridgehead atoms. The Morgan fingerprint density at radius 1 is 1.33 bits per heavy atom. The molecule has 0 aliphatic carbocycles. The van der Waals surface area contributed by atoms with E-state index >= 15 is 0 Å². The summed E-state index contributed by atoms with van der Waals surface area (Å²) >= 11 is 0. The van der Waals surface area contributed by atoms with Gasteiger partial charge in [0.2, 0.25) is 0 Å². The minimum Gasteiger partial charge on any atom is -0.496 e. The molecule has 1 aromatic heterocycles. The van der Waals surface area contributed by atoms with Crippen molar-refractivity contribution in [3.8, 4) is 5.75 Å². The summed E-state index contributed by atoms with van der Waals surface area (Å²) in [5.74, 6) is 5.73. The van der Waals surface area contributed by atoms with Crippen LogP contribution in [0.25, 0.3) is 0 Å². The summed E-state index contributed by atoms with van der Waals surface area (Å²) in [5, 5.41) is 7.47. The maximum absolute atomic E-state index is 13.3. The van der Waals surface area contributed by atoms with Crippen LogP contribution in [0.2, 0.25) is 0 Å². The summed E-state index contributed by atoms with van der Waals surface area (Å²) in [4.78, 5) is 0. The van der Waals surface area contributed by atoms with E-state index in [-0.39, 0.29) is 5.82 Å². The van der Waals surface area contributed by atoms with E-state index < -0.39 is 6.04 Å². The monoisotopic (exact) mass is 248 g/mol. The lowest BCUT2D eigenvalue weighted by Gasteiger charge is -2.19. The molecule has 6 heteroatoms. The van der Waals surface area contributed by atoms with Crippen LogP contribution in [0.3, 0.4) is 0 Å². The number of aromatic nitrogens is 2. The first-order chi connectivity index (χ1) is 8.76. The van der Waals surface area contributed by atoms with E-state index in [0.29, 0.717) is 11.3 Å². The Kier molecular flexibility index (Phi) is 3.81. The van der Waals surface area contributed by atoms with Gasteiger partial charge >= 0.3 is 0 Å². The number of nitrogens with two attached hydrogens (primary N) is 1. The lowest BCUT2D eigenvalue weighted by atomic mass is 10.00. The third kappa shape index (κ3) is 2.44. The molecule has 0 saturated carbocycles. The molecule has 1 heterocycles. The van der Waals surface area contributed by atoms with E-state index in [1.165, 1.54) is 19.2 Å². The van der Waals surface area contributed by atoms with Crippen LogP contribution < -0.4 is 16.0 Å². The number of benzene rings is 1. The largest absolute Gasteiger partial charge is 0.496 e. The van der Waals surface area contributed by atoms with Gasteiger partial charge in [0.15, 0.2) is 0 Å². The fraction of sp³-hybridized carbons (Fsp3) is 0.167. The van der Waals surface area contributed by atoms with Crippen molar-refractivity contribution in [1.29, 1.82) is 0 Å². The summed E-state index contributed by atoms with van der Waals surface area (Å²) in [7, 11) is 1.52. The molecule has 1 unspecified atom stereocenters. The van der Waals surface area contributed by atoms with Crippen LogP contribution in [0.15, 0.2) is 36.7 Å². The summed E-state index contributed by atoms with van der Waals surface area (Å²) in [6, 6.07) is 5.61. The SMILES string of the molecule is COc1ccc(F)cc1C(NN)c1ccnnc1. The molecule has 3 N–H and O–H groups in total. The molecule has 5 nitrogen and oxygen atoms in total. The van der Waals surface area contributed by atoms with E-state index in [1.807, 2.05) is 0 Å². The van der Waals surface area contributed by atoms with Crippen LogP contribution in [-0.4, -0.2) is 17.3 Å². The van der Waals surface area contributed by atoms with Gasteiger partial charge < -0.3 is 4.74 Å². The van der Waals surface area contributed by atoms with Crippen LogP contribution in [0.5, 0.6) is 5.75 Å². The highest BCUT2D eigenvalue weighted by Crippen LogP contribution is 2.29. The number of rotatable bonds is 4. The van der Waals surface area contributed by atoms with Gasteiger partial charge in [-0.25, -0.2) is 9.82 Å². The molecule has 0 aliphatic rings. The second-order valence-corrected chi connectivity index (χ2v) is 3.66. The third-order valence-electron chi connectivity index (χ3n) is 2.61. The molecule has 0 radical (unpaired) electrons. The zero-order chi connectivity index (χ0) is 13.0. The van der Waals surface area contributed by atoms with Gasteiger partial charge in [-0.15, -0.1) is 0 Å². The van der Waals surface area contributed by atoms with Gasteiger partial charge in [0.25, 0.3) is 0 Å². The minimum absolute atomic E-state index is 0.354. The fourth-order valence-corrected chi connectivity index (χ4v) is 1.77. The highest BCUT2D eigenvalue weighted by atomic mass is 19.1. The number of nitrogens with zero attached hydrogens (tertiary/aromatic N) is 2. The van der Waals surface area contributed by atoms with Crippen molar-refractivity contribution in [1.82, 2.24) is 15.6 Å². The van der Waals surface area contributed by atoms with Gasteiger partial charge in [0, 0.05) is 11.8 Å². The number of halogens is 1. The summed E-state index contributed by atoms with van der Waals surface area (Å²) in [6.45, 7) is 0. The lowest BCUT2D eigenvalue weighted by Crippen LogP contribution is -2.29. The first kappa shape index (κ1) is 12.4. The van der Waals surface area contributed by atoms with Crippen molar-refractivity contribution >= 4 is 0 Å². The standard InChI is InChI=1S/C12H13FN4O/c1-18-11-3-2-9(13)6-10(11)12(17-14)8-4-5-15-16-7-8/h2-7,12,17H,14H2,1H3. The smallest absolute Gasteiger partial charge is 0.124 e. The molecule has 0 saturated heterocycles. The molecule has 1 atom stereocenters. The van der Waals surface area contributed by atoms with Crippen LogP contribution in [0.4, 0.5) is 4.39 Å². The Morgan fingerprint density at radius 2 is 2.17 bits per heavy atom. The average molecular weight is 248 g/mol. The van der Waals surface area contributed by atoms with Crippen LogP contribution in [-0.2, 0) is 0 Å². The maximum atomic E-state index is 13.3. The number of hydrazine groups is 1. The zero-order valence-electron chi connectivity index (χ0n) is 9.80. The lowest BCUT2D eigenvalue weighted by molar-refractivity contribution is 0.402. The van der Waals surface area contributed by atoms with Gasteiger partial charge in [-0.2, -0.15) is 10.2 Å². The van der Waals surface area contributed by atoms with Crippen LogP contribution >= 0.6 is 0 Å². The number of ether oxygens (including phenoxy) is 1. The van der Waals surface area contributed by atoms with E-state index in [0.717, 1.165) is 5.56 Å². The van der Waals surface area contributed by atoms with Crippen molar-refractivity contribution in [2.24, 2.45) is 5.84 Å². The molecule has 18 heavy (non-hydrogen) atoms. The molecule has 2 rings (SSSR count). The maximum Gasteiger partial charge on any atom is 0.124 e. The van der Waals surface area contributed by atoms with Gasteiger partial charge in [-0.1, -0.05) is 0 Å². The number of nitrogens with one attached hydrogen (secondary N) is 1. The van der Waals surface area contributed by atoms with Crippen molar-refractivity contribution in [3.63, 3.8) is 0 Å². The van der Waals surface area contributed by atoms with Gasteiger partial charge in [0.1, 0.15) is 11.6 Å². The quantitative estimate of drug-likeness (QED) is 0.628. The number of hydrogen-bond donors (Lipinski definition) is 2. The van der Waals surface area contributed by atoms with Crippen molar-refractivity contribution in [3.05, 3.63) is 53.6 Å². The minimum atomic E-state index is -0.411. The van der Waals surface area contributed by atoms with Gasteiger partial charge in [-0.05, 0) is 29.8 Å². The van der Waals surface area contributed by atoms with Crippen LogP contribution in [0.1, 0.15) is 17.2 Å². The Hall–Kier alpha value is -2.05. The van der Waals surface area contributed by atoms with E-state index in [9.17, 15) is 4.39 Å².